The first kappa shape index (κ1) is 11.9. The molecular formula is C13H12BrNO2S. The molecule has 0 aliphatic carbocycles. The van der Waals surface area contributed by atoms with Crippen molar-refractivity contribution < 1.29 is 9.47 Å². The third-order valence-electron chi connectivity index (χ3n) is 2.69. The summed E-state index contributed by atoms with van der Waals surface area (Å²) < 4.78 is 12.1. The highest BCUT2D eigenvalue weighted by Crippen LogP contribution is 2.38. The van der Waals surface area contributed by atoms with Crippen molar-refractivity contribution in [3.63, 3.8) is 0 Å². The van der Waals surface area contributed by atoms with Gasteiger partial charge >= 0.3 is 0 Å². The van der Waals surface area contributed by atoms with Gasteiger partial charge in [-0.2, -0.15) is 11.3 Å². The second kappa shape index (κ2) is 5.20. The number of hydrogen-bond donors (Lipinski definition) is 1. The largest absolute Gasteiger partial charge is 0.486 e. The normalized spacial score (nSPS) is 13.4. The quantitative estimate of drug-likeness (QED) is 0.928. The molecule has 1 aliphatic heterocycles. The number of anilines is 1. The topological polar surface area (TPSA) is 30.5 Å². The number of thiophene rings is 1. The smallest absolute Gasteiger partial charge is 0.163 e. The van der Waals surface area contributed by atoms with Crippen molar-refractivity contribution >= 4 is 33.0 Å². The highest BCUT2D eigenvalue weighted by atomic mass is 79.9. The van der Waals surface area contributed by atoms with Gasteiger partial charge in [-0.05, 0) is 38.3 Å². The van der Waals surface area contributed by atoms with Crippen LogP contribution in [0.1, 0.15) is 5.56 Å². The number of halogens is 1. The monoisotopic (exact) mass is 325 g/mol. The number of fused-ring (bicyclic) bond motifs is 1. The van der Waals surface area contributed by atoms with Crippen LogP contribution in [-0.2, 0) is 6.54 Å². The van der Waals surface area contributed by atoms with E-state index in [0.29, 0.717) is 13.2 Å². The lowest BCUT2D eigenvalue weighted by molar-refractivity contribution is 0.171. The molecule has 0 bridgehead atoms. The molecule has 0 saturated carbocycles. The molecule has 3 rings (SSSR count). The fourth-order valence-electron chi connectivity index (χ4n) is 1.79. The number of nitrogens with one attached hydrogen (secondary N) is 1. The van der Waals surface area contributed by atoms with Gasteiger partial charge in [-0.1, -0.05) is 0 Å². The lowest BCUT2D eigenvalue weighted by atomic mass is 10.2. The zero-order valence-electron chi connectivity index (χ0n) is 9.61. The van der Waals surface area contributed by atoms with Gasteiger partial charge in [-0.15, -0.1) is 0 Å². The van der Waals surface area contributed by atoms with E-state index in [4.69, 9.17) is 9.47 Å². The first-order valence-corrected chi connectivity index (χ1v) is 7.40. The summed E-state index contributed by atoms with van der Waals surface area (Å²) in [5, 5.41) is 7.61. The number of benzene rings is 1. The molecule has 1 aromatic heterocycles. The van der Waals surface area contributed by atoms with Gasteiger partial charge in [0.25, 0.3) is 0 Å². The molecule has 1 N–H and O–H groups in total. The highest BCUT2D eigenvalue weighted by Gasteiger charge is 2.14. The molecule has 94 valence electrons. The Morgan fingerprint density at radius 3 is 2.72 bits per heavy atom. The zero-order chi connectivity index (χ0) is 12.4. The number of rotatable bonds is 3. The van der Waals surface area contributed by atoms with E-state index in [2.05, 4.69) is 38.1 Å². The second-order valence-electron chi connectivity index (χ2n) is 3.96. The van der Waals surface area contributed by atoms with Crippen LogP contribution >= 0.6 is 27.3 Å². The molecule has 1 aromatic carbocycles. The van der Waals surface area contributed by atoms with E-state index in [9.17, 15) is 0 Å². The Morgan fingerprint density at radius 2 is 2.00 bits per heavy atom. The van der Waals surface area contributed by atoms with Gasteiger partial charge < -0.3 is 14.8 Å². The van der Waals surface area contributed by atoms with Crippen LogP contribution in [0.3, 0.4) is 0 Å². The van der Waals surface area contributed by atoms with E-state index in [0.717, 1.165) is 28.2 Å². The molecule has 0 saturated heterocycles. The number of hydrogen-bond acceptors (Lipinski definition) is 4. The van der Waals surface area contributed by atoms with Gasteiger partial charge in [0.05, 0.1) is 5.69 Å². The minimum atomic E-state index is 0.610. The van der Waals surface area contributed by atoms with Crippen molar-refractivity contribution in [3.8, 4) is 11.5 Å². The van der Waals surface area contributed by atoms with E-state index in [-0.39, 0.29) is 0 Å². The van der Waals surface area contributed by atoms with Crippen LogP contribution in [-0.4, -0.2) is 13.2 Å². The minimum Gasteiger partial charge on any atom is -0.486 e. The van der Waals surface area contributed by atoms with Crippen molar-refractivity contribution in [2.45, 2.75) is 6.54 Å². The second-order valence-corrected chi connectivity index (χ2v) is 5.60. The van der Waals surface area contributed by atoms with E-state index in [1.165, 1.54) is 5.56 Å². The first-order valence-electron chi connectivity index (χ1n) is 5.67. The molecule has 0 amide bonds. The Bertz CT molecular complexity index is 542. The van der Waals surface area contributed by atoms with Crippen molar-refractivity contribution in [1.29, 1.82) is 0 Å². The lowest BCUT2D eigenvalue weighted by Crippen LogP contribution is -2.15. The molecule has 2 heterocycles. The van der Waals surface area contributed by atoms with Gasteiger partial charge in [0.15, 0.2) is 11.5 Å². The summed E-state index contributed by atoms with van der Waals surface area (Å²) in [6, 6.07) is 6.04. The Morgan fingerprint density at radius 1 is 1.22 bits per heavy atom. The molecule has 18 heavy (non-hydrogen) atoms. The van der Waals surface area contributed by atoms with Gasteiger partial charge in [0.2, 0.25) is 0 Å². The van der Waals surface area contributed by atoms with Crippen LogP contribution in [0.2, 0.25) is 0 Å². The maximum atomic E-state index is 5.57. The minimum absolute atomic E-state index is 0.610. The fourth-order valence-corrected chi connectivity index (χ4v) is 2.92. The predicted molar refractivity (Wildman–Crippen MR) is 76.8 cm³/mol. The Balaban J connectivity index is 1.79. The third-order valence-corrected chi connectivity index (χ3v) is 4.08. The van der Waals surface area contributed by atoms with E-state index >= 15 is 0 Å². The Kier molecular flexibility index (Phi) is 3.43. The molecule has 2 aromatic rings. The summed E-state index contributed by atoms with van der Waals surface area (Å²) >= 11 is 5.25. The van der Waals surface area contributed by atoms with Crippen LogP contribution in [0.5, 0.6) is 11.5 Å². The molecule has 5 heteroatoms. The van der Waals surface area contributed by atoms with Crippen LogP contribution in [0, 0.1) is 0 Å². The maximum Gasteiger partial charge on any atom is 0.163 e. The molecule has 0 fully saturated rings. The summed E-state index contributed by atoms with van der Waals surface area (Å²) in [6.45, 7) is 2.03. The van der Waals surface area contributed by atoms with Crippen molar-refractivity contribution in [3.05, 3.63) is 39.0 Å². The fraction of sp³-hybridized carbons (Fsp3) is 0.231. The molecule has 0 radical (unpaired) electrons. The zero-order valence-corrected chi connectivity index (χ0v) is 12.0. The summed E-state index contributed by atoms with van der Waals surface area (Å²) in [5.74, 6) is 1.60. The maximum absolute atomic E-state index is 5.57. The molecule has 0 unspecified atom stereocenters. The first-order chi connectivity index (χ1) is 8.83. The van der Waals surface area contributed by atoms with Gasteiger partial charge in [-0.25, -0.2) is 0 Å². The van der Waals surface area contributed by atoms with E-state index < -0.39 is 0 Å². The SMILES string of the molecule is Brc1cc2c(cc1NCc1ccsc1)OCCO2. The van der Waals surface area contributed by atoms with E-state index in [1.54, 1.807) is 11.3 Å². The van der Waals surface area contributed by atoms with Gasteiger partial charge in [-0.3, -0.25) is 0 Å². The summed E-state index contributed by atoms with van der Waals surface area (Å²) in [6.07, 6.45) is 0. The average molecular weight is 326 g/mol. The van der Waals surface area contributed by atoms with Crippen LogP contribution in [0.25, 0.3) is 0 Å². The summed E-state index contributed by atoms with van der Waals surface area (Å²) in [5.41, 5.74) is 2.30. The summed E-state index contributed by atoms with van der Waals surface area (Å²) in [7, 11) is 0. The number of ether oxygens (including phenoxy) is 2. The van der Waals surface area contributed by atoms with Crippen LogP contribution < -0.4 is 14.8 Å². The molecule has 1 aliphatic rings. The van der Waals surface area contributed by atoms with E-state index in [1.807, 2.05) is 12.1 Å². The molecule has 3 nitrogen and oxygen atoms in total. The Hall–Kier alpha value is -1.20. The van der Waals surface area contributed by atoms with Crippen molar-refractivity contribution in [1.82, 2.24) is 0 Å². The highest BCUT2D eigenvalue weighted by molar-refractivity contribution is 9.10. The van der Waals surface area contributed by atoms with Crippen molar-refractivity contribution in [2.24, 2.45) is 0 Å². The Labute approximate surface area is 118 Å². The predicted octanol–water partition coefficient (Wildman–Crippen LogP) is 3.89. The lowest BCUT2D eigenvalue weighted by Gasteiger charge is -2.20. The molecule has 0 atom stereocenters. The van der Waals surface area contributed by atoms with Crippen LogP contribution in [0.15, 0.2) is 33.4 Å². The average Bonchev–Trinajstić information content (AvgIpc) is 2.89. The molecular weight excluding hydrogens is 314 g/mol. The molecule has 0 spiro atoms. The third kappa shape index (κ3) is 2.47. The van der Waals surface area contributed by atoms with Crippen LogP contribution in [0.4, 0.5) is 5.69 Å². The van der Waals surface area contributed by atoms with Gasteiger partial charge in [0, 0.05) is 23.2 Å². The standard InChI is InChI=1S/C13H12BrNO2S/c14-10-5-12-13(17-3-2-16-12)6-11(10)15-7-9-1-4-18-8-9/h1,4-6,8,15H,2-3,7H2. The van der Waals surface area contributed by atoms with Gasteiger partial charge in [0.1, 0.15) is 13.2 Å². The summed E-state index contributed by atoms with van der Waals surface area (Å²) in [4.78, 5) is 0. The van der Waals surface area contributed by atoms with Crippen molar-refractivity contribution in [2.75, 3.05) is 18.5 Å².